The average Bonchev–Trinajstić information content (AvgIpc) is 2.69. The molecule has 0 bridgehead atoms. The molecule has 3 N–H and O–H groups in total. The highest BCUT2D eigenvalue weighted by atomic mass is 127. The third-order valence-corrected chi connectivity index (χ3v) is 4.88. The maximum absolute atomic E-state index is 13.7. The molecule has 0 unspecified atom stereocenters. The molecule has 0 atom stereocenters. The molecule has 1 aliphatic heterocycles. The zero-order valence-corrected chi connectivity index (χ0v) is 20.2. The summed E-state index contributed by atoms with van der Waals surface area (Å²) in [5.41, 5.74) is 0.459. The highest BCUT2D eigenvalue weighted by Crippen LogP contribution is 2.11. The van der Waals surface area contributed by atoms with Crippen molar-refractivity contribution < 1.29 is 13.6 Å². The first kappa shape index (κ1) is 26.5. The number of hydrogen-bond donors (Lipinski definition) is 3. The van der Waals surface area contributed by atoms with Crippen molar-refractivity contribution in [3.05, 3.63) is 35.4 Å². The van der Waals surface area contributed by atoms with Crippen LogP contribution < -0.4 is 16.0 Å². The lowest BCUT2D eigenvalue weighted by atomic mass is 10.1. The molecule has 1 aliphatic rings. The monoisotopic (exact) mass is 537 g/mol. The van der Waals surface area contributed by atoms with Gasteiger partial charge in [0.2, 0.25) is 5.91 Å². The van der Waals surface area contributed by atoms with E-state index >= 15 is 0 Å². The first-order valence-electron chi connectivity index (χ1n) is 10.5. The molecule has 0 radical (unpaired) electrons. The highest BCUT2D eigenvalue weighted by Gasteiger charge is 2.21. The Bertz CT molecular complexity index is 681. The van der Waals surface area contributed by atoms with Gasteiger partial charge in [0.15, 0.2) is 5.96 Å². The standard InChI is InChI=1S/C21H33F2N5O.HI/c1-3-10-25-20(29)15-28-12-8-18(9-13-28)27-21(24-4-2)26-11-7-16-5-6-17(22)14-19(16)23;/h5-6,14,18H,3-4,7-13,15H2,1-2H3,(H,25,29)(H2,24,26,27);1H. The highest BCUT2D eigenvalue weighted by molar-refractivity contribution is 14.0. The Labute approximate surface area is 195 Å². The Kier molecular flexibility index (Phi) is 12.8. The number of aliphatic imine (C=N–C) groups is 1. The van der Waals surface area contributed by atoms with Gasteiger partial charge in [-0.3, -0.25) is 14.7 Å². The van der Waals surface area contributed by atoms with Crippen molar-refractivity contribution in [3.8, 4) is 0 Å². The van der Waals surface area contributed by atoms with Gasteiger partial charge in [-0.05, 0) is 44.2 Å². The van der Waals surface area contributed by atoms with Crippen LogP contribution in [0.25, 0.3) is 0 Å². The van der Waals surface area contributed by atoms with E-state index in [9.17, 15) is 13.6 Å². The van der Waals surface area contributed by atoms with Crippen LogP contribution >= 0.6 is 24.0 Å². The zero-order valence-electron chi connectivity index (χ0n) is 17.8. The number of nitrogens with one attached hydrogen (secondary N) is 3. The Morgan fingerprint density at radius 3 is 2.57 bits per heavy atom. The van der Waals surface area contributed by atoms with Crippen LogP contribution in [0.2, 0.25) is 0 Å². The number of carbonyl (C=O) groups is 1. The summed E-state index contributed by atoms with van der Waals surface area (Å²) in [6.07, 6.45) is 3.21. The smallest absolute Gasteiger partial charge is 0.234 e. The first-order valence-corrected chi connectivity index (χ1v) is 10.5. The molecule has 1 saturated heterocycles. The predicted octanol–water partition coefficient (Wildman–Crippen LogP) is 2.67. The number of hydrogen-bond acceptors (Lipinski definition) is 3. The lowest BCUT2D eigenvalue weighted by Gasteiger charge is -2.32. The van der Waals surface area contributed by atoms with Gasteiger partial charge in [0.25, 0.3) is 0 Å². The van der Waals surface area contributed by atoms with Crippen LogP contribution in [0, 0.1) is 11.6 Å². The molecular weight excluding hydrogens is 503 g/mol. The van der Waals surface area contributed by atoms with Gasteiger partial charge in [0.1, 0.15) is 11.6 Å². The number of benzene rings is 1. The Balaban J connectivity index is 0.00000450. The molecule has 6 nitrogen and oxygen atoms in total. The number of likely N-dealkylation sites (tertiary alicyclic amines) is 1. The number of carbonyl (C=O) groups excluding carboxylic acids is 1. The van der Waals surface area contributed by atoms with Gasteiger partial charge >= 0.3 is 0 Å². The van der Waals surface area contributed by atoms with E-state index in [1.807, 2.05) is 13.8 Å². The molecule has 1 aromatic rings. The number of guanidine groups is 1. The van der Waals surface area contributed by atoms with Crippen LogP contribution in [-0.2, 0) is 11.2 Å². The first-order chi connectivity index (χ1) is 14.0. The quantitative estimate of drug-likeness (QED) is 0.258. The fraction of sp³-hybridized carbons (Fsp3) is 0.619. The molecule has 1 aromatic carbocycles. The van der Waals surface area contributed by atoms with Gasteiger partial charge in [0.05, 0.1) is 6.54 Å². The summed E-state index contributed by atoms with van der Waals surface area (Å²) in [5.74, 6) is -0.317. The van der Waals surface area contributed by atoms with Crippen LogP contribution in [0.4, 0.5) is 8.78 Å². The SMILES string of the molecule is CCCNC(=O)CN1CCC(NC(=NCCc2ccc(F)cc2F)NCC)CC1.I. The lowest BCUT2D eigenvalue weighted by molar-refractivity contribution is -0.122. The zero-order chi connectivity index (χ0) is 21.1. The Morgan fingerprint density at radius 1 is 1.20 bits per heavy atom. The molecule has 1 heterocycles. The Morgan fingerprint density at radius 2 is 1.93 bits per heavy atom. The lowest BCUT2D eigenvalue weighted by Crippen LogP contribution is -2.50. The normalized spacial score (nSPS) is 15.4. The molecule has 1 fully saturated rings. The van der Waals surface area contributed by atoms with Crippen molar-refractivity contribution in [2.24, 2.45) is 4.99 Å². The van der Waals surface area contributed by atoms with Crippen molar-refractivity contribution in [2.45, 2.75) is 45.6 Å². The van der Waals surface area contributed by atoms with Crippen molar-refractivity contribution in [1.82, 2.24) is 20.9 Å². The molecular formula is C21H34F2IN5O. The van der Waals surface area contributed by atoms with Gasteiger partial charge in [-0.25, -0.2) is 8.78 Å². The number of nitrogens with zero attached hydrogens (tertiary/aromatic N) is 2. The second-order valence-corrected chi connectivity index (χ2v) is 7.29. The molecule has 0 aliphatic carbocycles. The van der Waals surface area contributed by atoms with E-state index in [1.54, 1.807) is 0 Å². The summed E-state index contributed by atoms with van der Waals surface area (Å²) in [6.45, 7) is 8.06. The van der Waals surface area contributed by atoms with E-state index in [-0.39, 0.29) is 35.9 Å². The molecule has 170 valence electrons. The minimum Gasteiger partial charge on any atom is -0.357 e. The van der Waals surface area contributed by atoms with Gasteiger partial charge < -0.3 is 16.0 Å². The van der Waals surface area contributed by atoms with Crippen LogP contribution in [0.15, 0.2) is 23.2 Å². The molecule has 1 amide bonds. The van der Waals surface area contributed by atoms with Gasteiger partial charge in [-0.15, -0.1) is 24.0 Å². The van der Waals surface area contributed by atoms with Crippen LogP contribution in [-0.4, -0.2) is 62.1 Å². The van der Waals surface area contributed by atoms with Gasteiger partial charge in [-0.2, -0.15) is 0 Å². The minimum atomic E-state index is -0.570. The maximum atomic E-state index is 13.7. The molecule has 0 spiro atoms. The summed E-state index contributed by atoms with van der Waals surface area (Å²) in [6, 6.07) is 3.92. The molecule has 0 aromatic heterocycles. The summed E-state index contributed by atoms with van der Waals surface area (Å²) in [4.78, 5) is 18.5. The maximum Gasteiger partial charge on any atom is 0.234 e. The third-order valence-electron chi connectivity index (χ3n) is 4.88. The second-order valence-electron chi connectivity index (χ2n) is 7.29. The number of amides is 1. The van der Waals surface area contributed by atoms with Crippen LogP contribution in [0.3, 0.4) is 0 Å². The topological polar surface area (TPSA) is 68.8 Å². The minimum absolute atomic E-state index is 0. The predicted molar refractivity (Wildman–Crippen MR) is 127 cm³/mol. The van der Waals surface area contributed by atoms with Crippen LogP contribution in [0.5, 0.6) is 0 Å². The van der Waals surface area contributed by atoms with Crippen molar-refractivity contribution in [3.63, 3.8) is 0 Å². The molecule has 2 rings (SSSR count). The summed E-state index contributed by atoms with van der Waals surface area (Å²) >= 11 is 0. The summed E-state index contributed by atoms with van der Waals surface area (Å²) in [7, 11) is 0. The molecule has 30 heavy (non-hydrogen) atoms. The van der Waals surface area contributed by atoms with Crippen molar-refractivity contribution in [2.75, 3.05) is 39.3 Å². The van der Waals surface area contributed by atoms with E-state index < -0.39 is 11.6 Å². The summed E-state index contributed by atoms with van der Waals surface area (Å²) in [5, 5.41) is 9.56. The number of rotatable bonds is 9. The van der Waals surface area contributed by atoms with E-state index in [2.05, 4.69) is 25.8 Å². The number of piperidine rings is 1. The van der Waals surface area contributed by atoms with Crippen molar-refractivity contribution >= 4 is 35.8 Å². The van der Waals surface area contributed by atoms with Crippen molar-refractivity contribution in [1.29, 1.82) is 0 Å². The van der Waals surface area contributed by atoms with Gasteiger partial charge in [-0.1, -0.05) is 13.0 Å². The van der Waals surface area contributed by atoms with E-state index in [0.717, 1.165) is 51.5 Å². The Hall–Kier alpha value is -1.49. The van der Waals surface area contributed by atoms with Crippen LogP contribution in [0.1, 0.15) is 38.7 Å². The van der Waals surface area contributed by atoms with E-state index in [1.165, 1.54) is 12.1 Å². The molecule has 9 heteroatoms. The fourth-order valence-corrected chi connectivity index (χ4v) is 3.28. The average molecular weight is 537 g/mol. The largest absolute Gasteiger partial charge is 0.357 e. The molecule has 0 saturated carbocycles. The second kappa shape index (κ2) is 14.5. The van der Waals surface area contributed by atoms with E-state index in [0.29, 0.717) is 31.0 Å². The summed E-state index contributed by atoms with van der Waals surface area (Å²) < 4.78 is 26.7. The number of halogens is 3. The fourth-order valence-electron chi connectivity index (χ4n) is 3.28. The van der Waals surface area contributed by atoms with E-state index in [4.69, 9.17) is 0 Å². The third kappa shape index (κ3) is 9.55. The van der Waals surface area contributed by atoms with Gasteiger partial charge in [0, 0.05) is 44.8 Å².